The first kappa shape index (κ1) is 9.03. The zero-order valence-electron chi connectivity index (χ0n) is 7.37. The van der Waals surface area contributed by atoms with Crippen molar-refractivity contribution in [2.24, 2.45) is 11.6 Å². The van der Waals surface area contributed by atoms with Gasteiger partial charge in [-0.2, -0.15) is 5.90 Å². The smallest absolute Gasteiger partial charge is 0.151 e. The molecule has 0 aliphatic rings. The third-order valence-electron chi connectivity index (χ3n) is 1.79. The van der Waals surface area contributed by atoms with E-state index in [9.17, 15) is 0 Å². The highest BCUT2D eigenvalue weighted by Gasteiger charge is 2.06. The van der Waals surface area contributed by atoms with Crippen molar-refractivity contribution in [3.63, 3.8) is 0 Å². The molecule has 0 fully saturated rings. The van der Waals surface area contributed by atoms with Gasteiger partial charge in [0, 0.05) is 11.6 Å². The van der Waals surface area contributed by atoms with E-state index in [2.05, 4.69) is 0 Å². The summed E-state index contributed by atoms with van der Waals surface area (Å²) < 4.78 is 0. The number of hydrogen-bond donors (Lipinski definition) is 2. The van der Waals surface area contributed by atoms with Crippen LogP contribution in [0.2, 0.25) is 0 Å². The quantitative estimate of drug-likeness (QED) is 0.650. The molecule has 3 nitrogen and oxygen atoms in total. The monoisotopic (exact) mass is 166 g/mol. The Morgan fingerprint density at radius 2 is 2.08 bits per heavy atom. The molecule has 0 bridgehead atoms. The lowest BCUT2D eigenvalue weighted by Gasteiger charge is -2.10. The Kier molecular flexibility index (Phi) is 2.68. The Balaban J connectivity index is 3.11. The van der Waals surface area contributed by atoms with Crippen LogP contribution < -0.4 is 16.5 Å². The van der Waals surface area contributed by atoms with Crippen molar-refractivity contribution < 1.29 is 4.84 Å². The van der Waals surface area contributed by atoms with Gasteiger partial charge < -0.3 is 10.6 Å². The van der Waals surface area contributed by atoms with Crippen molar-refractivity contribution in [1.82, 2.24) is 0 Å². The highest BCUT2D eigenvalue weighted by atomic mass is 16.6. The minimum atomic E-state index is -0.0517. The third kappa shape index (κ3) is 1.75. The van der Waals surface area contributed by atoms with Crippen molar-refractivity contribution in [1.29, 1.82) is 0 Å². The number of aryl methyl sites for hydroxylation is 1. The Morgan fingerprint density at radius 3 is 2.58 bits per heavy atom. The van der Waals surface area contributed by atoms with E-state index in [4.69, 9.17) is 16.5 Å². The highest BCUT2D eigenvalue weighted by Crippen LogP contribution is 2.23. The second-order valence-corrected chi connectivity index (χ2v) is 2.95. The van der Waals surface area contributed by atoms with Crippen LogP contribution in [0.5, 0.6) is 5.75 Å². The van der Waals surface area contributed by atoms with Crippen molar-refractivity contribution >= 4 is 0 Å². The van der Waals surface area contributed by atoms with Crippen molar-refractivity contribution in [3.8, 4) is 5.75 Å². The Labute approximate surface area is 72.3 Å². The number of rotatable bonds is 2. The lowest BCUT2D eigenvalue weighted by Crippen LogP contribution is -2.11. The predicted molar refractivity (Wildman–Crippen MR) is 48.6 cm³/mol. The van der Waals surface area contributed by atoms with E-state index < -0.39 is 0 Å². The summed E-state index contributed by atoms with van der Waals surface area (Å²) in [5, 5.41) is 0. The van der Waals surface area contributed by atoms with E-state index in [1.807, 2.05) is 32.0 Å². The van der Waals surface area contributed by atoms with Crippen LogP contribution in [0.15, 0.2) is 18.2 Å². The molecule has 66 valence electrons. The fraction of sp³-hybridized carbons (Fsp3) is 0.333. The van der Waals surface area contributed by atoms with Gasteiger partial charge in [-0.1, -0.05) is 12.1 Å². The zero-order chi connectivity index (χ0) is 9.14. The lowest BCUT2D eigenvalue weighted by molar-refractivity contribution is 0.329. The molecule has 0 saturated carbocycles. The summed E-state index contributed by atoms with van der Waals surface area (Å²) in [7, 11) is 0. The van der Waals surface area contributed by atoms with E-state index in [-0.39, 0.29) is 6.04 Å². The highest BCUT2D eigenvalue weighted by molar-refractivity contribution is 5.38. The Hall–Kier alpha value is -1.06. The fourth-order valence-electron chi connectivity index (χ4n) is 1.12. The van der Waals surface area contributed by atoms with E-state index in [0.717, 1.165) is 11.1 Å². The van der Waals surface area contributed by atoms with Gasteiger partial charge in [-0.25, -0.2) is 0 Å². The van der Waals surface area contributed by atoms with Gasteiger partial charge in [0.1, 0.15) is 0 Å². The summed E-state index contributed by atoms with van der Waals surface area (Å²) in [4.78, 5) is 4.71. The molecule has 0 aliphatic carbocycles. The normalized spacial score (nSPS) is 12.7. The van der Waals surface area contributed by atoms with Gasteiger partial charge in [-0.05, 0) is 25.5 Å². The Morgan fingerprint density at radius 1 is 1.42 bits per heavy atom. The lowest BCUT2D eigenvalue weighted by atomic mass is 10.1. The second-order valence-electron chi connectivity index (χ2n) is 2.95. The maximum atomic E-state index is 5.70. The molecule has 0 saturated heterocycles. The molecule has 0 radical (unpaired) electrons. The summed E-state index contributed by atoms with van der Waals surface area (Å²) in [6.45, 7) is 3.88. The first-order valence-electron chi connectivity index (χ1n) is 3.88. The van der Waals surface area contributed by atoms with Gasteiger partial charge in [0.25, 0.3) is 0 Å². The molecule has 0 spiro atoms. The molecule has 1 aromatic carbocycles. The molecule has 1 aromatic rings. The maximum Gasteiger partial charge on any atom is 0.151 e. The van der Waals surface area contributed by atoms with E-state index in [0.29, 0.717) is 5.75 Å². The standard InChI is InChI=1S/C9H14N2O/c1-6-3-4-8(7(2)10)9(5-6)12-11/h3-5,7H,10-11H2,1-2H3. The summed E-state index contributed by atoms with van der Waals surface area (Å²) in [6.07, 6.45) is 0. The molecular weight excluding hydrogens is 152 g/mol. The molecule has 3 heteroatoms. The van der Waals surface area contributed by atoms with E-state index in [1.54, 1.807) is 0 Å². The van der Waals surface area contributed by atoms with E-state index >= 15 is 0 Å². The molecular formula is C9H14N2O. The largest absolute Gasteiger partial charge is 0.411 e. The maximum absolute atomic E-state index is 5.70. The first-order valence-corrected chi connectivity index (χ1v) is 3.88. The predicted octanol–water partition coefficient (Wildman–Crippen LogP) is 1.27. The summed E-state index contributed by atoms with van der Waals surface area (Å²) in [5.41, 5.74) is 7.75. The number of hydrogen-bond acceptors (Lipinski definition) is 3. The van der Waals surface area contributed by atoms with Crippen LogP contribution in [-0.2, 0) is 0 Å². The van der Waals surface area contributed by atoms with Crippen molar-refractivity contribution in [3.05, 3.63) is 29.3 Å². The average Bonchev–Trinajstić information content (AvgIpc) is 2.03. The number of nitrogens with two attached hydrogens (primary N) is 2. The Bertz CT molecular complexity index is 271. The van der Waals surface area contributed by atoms with Crippen LogP contribution in [0.25, 0.3) is 0 Å². The molecule has 1 rings (SSSR count). The van der Waals surface area contributed by atoms with Crippen LogP contribution in [0.4, 0.5) is 0 Å². The summed E-state index contributed by atoms with van der Waals surface area (Å²) in [5.74, 6) is 5.76. The molecule has 12 heavy (non-hydrogen) atoms. The van der Waals surface area contributed by atoms with Crippen LogP contribution in [0, 0.1) is 6.92 Å². The number of benzene rings is 1. The SMILES string of the molecule is Cc1ccc(C(C)N)c(ON)c1. The third-order valence-corrected chi connectivity index (χ3v) is 1.79. The molecule has 0 amide bonds. The minimum Gasteiger partial charge on any atom is -0.411 e. The topological polar surface area (TPSA) is 61.3 Å². The van der Waals surface area contributed by atoms with Gasteiger partial charge in [-0.15, -0.1) is 0 Å². The minimum absolute atomic E-state index is 0.0517. The van der Waals surface area contributed by atoms with Crippen molar-refractivity contribution in [2.45, 2.75) is 19.9 Å². The van der Waals surface area contributed by atoms with Crippen LogP contribution in [-0.4, -0.2) is 0 Å². The van der Waals surface area contributed by atoms with Gasteiger partial charge >= 0.3 is 0 Å². The first-order chi connectivity index (χ1) is 5.65. The molecule has 0 heterocycles. The van der Waals surface area contributed by atoms with Crippen LogP contribution in [0.3, 0.4) is 0 Å². The average molecular weight is 166 g/mol. The van der Waals surface area contributed by atoms with Gasteiger partial charge in [0.2, 0.25) is 0 Å². The van der Waals surface area contributed by atoms with Crippen LogP contribution >= 0.6 is 0 Å². The molecule has 0 aromatic heterocycles. The summed E-state index contributed by atoms with van der Waals surface area (Å²) in [6, 6.07) is 5.74. The van der Waals surface area contributed by atoms with Gasteiger partial charge in [-0.3, -0.25) is 0 Å². The zero-order valence-corrected chi connectivity index (χ0v) is 7.37. The second kappa shape index (κ2) is 3.56. The molecule has 4 N–H and O–H groups in total. The van der Waals surface area contributed by atoms with Crippen molar-refractivity contribution in [2.75, 3.05) is 0 Å². The molecule has 1 unspecified atom stereocenters. The van der Waals surface area contributed by atoms with Crippen LogP contribution in [0.1, 0.15) is 24.1 Å². The molecule has 1 atom stereocenters. The fourth-order valence-corrected chi connectivity index (χ4v) is 1.12. The van der Waals surface area contributed by atoms with Gasteiger partial charge in [0.15, 0.2) is 5.75 Å². The van der Waals surface area contributed by atoms with E-state index in [1.165, 1.54) is 0 Å². The molecule has 0 aliphatic heterocycles. The summed E-state index contributed by atoms with van der Waals surface area (Å²) >= 11 is 0. The van der Waals surface area contributed by atoms with Gasteiger partial charge in [0.05, 0.1) is 0 Å².